The molecule has 1 unspecified atom stereocenters. The molecule has 0 heterocycles. The van der Waals surface area contributed by atoms with Gasteiger partial charge in [0.15, 0.2) is 0 Å². The number of carbonyl (C=O) groups is 2. The average molecular weight is 476 g/mol. The van der Waals surface area contributed by atoms with Crippen molar-refractivity contribution in [1.29, 1.82) is 0 Å². The van der Waals surface area contributed by atoms with Crippen molar-refractivity contribution in [3.8, 4) is 0 Å². The third kappa shape index (κ3) is 7.17. The molecule has 3 N–H and O–H groups in total. The standard InChI is InChI=1S/C28H45NO5/c1-6-28(4,5)27(33)34-24-14-17(2)13-19-8-7-18(3)23(26(19)24)12-11-21(30)15-22(31)16-25(32)29-20-9-10-20/h7-8,13,17-18,20-24,26,30-31H,6,9-12,14-16H2,1-5H3,(H,29,32)/t17-,18-,21+,22+,23-,24-,26?/m0/s1. The van der Waals surface area contributed by atoms with Crippen LogP contribution in [-0.4, -0.2) is 46.4 Å². The lowest BCUT2D eigenvalue weighted by Gasteiger charge is -2.44. The minimum Gasteiger partial charge on any atom is -0.461 e. The van der Waals surface area contributed by atoms with Crippen LogP contribution in [0.3, 0.4) is 0 Å². The highest BCUT2D eigenvalue weighted by atomic mass is 16.5. The van der Waals surface area contributed by atoms with Crippen LogP contribution >= 0.6 is 0 Å². The number of allylic oxidation sites excluding steroid dienone is 3. The molecule has 3 aliphatic carbocycles. The van der Waals surface area contributed by atoms with Crippen molar-refractivity contribution >= 4 is 11.9 Å². The first kappa shape index (κ1) is 26.9. The number of fused-ring (bicyclic) bond motifs is 1. The maximum Gasteiger partial charge on any atom is 0.311 e. The molecule has 34 heavy (non-hydrogen) atoms. The van der Waals surface area contributed by atoms with E-state index >= 15 is 0 Å². The van der Waals surface area contributed by atoms with Gasteiger partial charge in [-0.2, -0.15) is 0 Å². The molecule has 0 spiro atoms. The Hall–Kier alpha value is -1.66. The van der Waals surface area contributed by atoms with Crippen LogP contribution in [0.4, 0.5) is 0 Å². The molecule has 6 heteroatoms. The Morgan fingerprint density at radius 2 is 1.91 bits per heavy atom. The molecule has 0 radical (unpaired) electrons. The lowest BCUT2D eigenvalue weighted by Crippen LogP contribution is -2.43. The first-order chi connectivity index (χ1) is 16.0. The highest BCUT2D eigenvalue weighted by Crippen LogP contribution is 2.45. The fraction of sp³-hybridized carbons (Fsp3) is 0.786. The SMILES string of the molecule is CCC(C)(C)C(=O)O[C@H]1C[C@@H](C)C=C2C=C[C@H](C)[C@H](CC[C@@H](O)C[C@@H](O)CC(=O)NC3CC3)C21. The van der Waals surface area contributed by atoms with Gasteiger partial charge in [-0.3, -0.25) is 9.59 Å². The second kappa shape index (κ2) is 11.4. The maximum atomic E-state index is 12.9. The van der Waals surface area contributed by atoms with Gasteiger partial charge in [-0.05, 0) is 82.1 Å². The zero-order valence-electron chi connectivity index (χ0n) is 21.6. The van der Waals surface area contributed by atoms with E-state index in [2.05, 4.69) is 37.4 Å². The Bertz CT molecular complexity index is 784. The van der Waals surface area contributed by atoms with Gasteiger partial charge in [0.25, 0.3) is 0 Å². The smallest absolute Gasteiger partial charge is 0.311 e. The summed E-state index contributed by atoms with van der Waals surface area (Å²) in [7, 11) is 0. The van der Waals surface area contributed by atoms with Gasteiger partial charge in [-0.25, -0.2) is 0 Å². The third-order valence-electron chi connectivity index (χ3n) is 8.03. The summed E-state index contributed by atoms with van der Waals surface area (Å²) in [4.78, 5) is 24.8. The van der Waals surface area contributed by atoms with Crippen molar-refractivity contribution in [3.63, 3.8) is 0 Å². The van der Waals surface area contributed by atoms with E-state index in [9.17, 15) is 19.8 Å². The van der Waals surface area contributed by atoms with E-state index in [1.54, 1.807) is 0 Å². The largest absolute Gasteiger partial charge is 0.461 e. The predicted octanol–water partition coefficient (Wildman–Crippen LogP) is 4.30. The predicted molar refractivity (Wildman–Crippen MR) is 133 cm³/mol. The van der Waals surface area contributed by atoms with Crippen molar-refractivity contribution in [2.45, 2.75) is 110 Å². The second-order valence-corrected chi connectivity index (χ2v) is 11.6. The number of hydrogen-bond acceptors (Lipinski definition) is 5. The quantitative estimate of drug-likeness (QED) is 0.387. The average Bonchev–Trinajstić information content (AvgIpc) is 3.56. The normalized spacial score (nSPS) is 30.7. The molecule has 0 aromatic carbocycles. The van der Waals surface area contributed by atoms with E-state index in [-0.39, 0.29) is 48.7 Å². The van der Waals surface area contributed by atoms with Crippen LogP contribution < -0.4 is 5.32 Å². The van der Waals surface area contributed by atoms with Crippen LogP contribution in [0, 0.1) is 29.1 Å². The summed E-state index contributed by atoms with van der Waals surface area (Å²) in [6.07, 6.45) is 10.2. The number of aliphatic hydroxyl groups is 2. The van der Waals surface area contributed by atoms with E-state index in [0.717, 1.165) is 32.1 Å². The topological polar surface area (TPSA) is 95.9 Å². The number of amides is 1. The van der Waals surface area contributed by atoms with Crippen LogP contribution in [0.5, 0.6) is 0 Å². The van der Waals surface area contributed by atoms with E-state index < -0.39 is 17.6 Å². The highest BCUT2D eigenvalue weighted by Gasteiger charge is 2.42. The van der Waals surface area contributed by atoms with Crippen LogP contribution in [0.25, 0.3) is 0 Å². The molecule has 1 saturated carbocycles. The van der Waals surface area contributed by atoms with Crippen molar-refractivity contribution in [2.24, 2.45) is 29.1 Å². The van der Waals surface area contributed by atoms with Gasteiger partial charge in [-0.15, -0.1) is 0 Å². The molecular weight excluding hydrogens is 430 g/mol. The molecule has 192 valence electrons. The molecule has 7 atom stereocenters. The number of esters is 1. The van der Waals surface area contributed by atoms with Gasteiger partial charge in [0.1, 0.15) is 6.10 Å². The number of nitrogens with one attached hydrogen (secondary N) is 1. The number of rotatable bonds is 11. The maximum absolute atomic E-state index is 12.9. The molecular formula is C28H45NO5. The van der Waals surface area contributed by atoms with Gasteiger partial charge in [0, 0.05) is 12.0 Å². The summed E-state index contributed by atoms with van der Waals surface area (Å²) in [5.41, 5.74) is 0.731. The molecule has 1 fully saturated rings. The number of carbonyl (C=O) groups excluding carboxylic acids is 2. The van der Waals surface area contributed by atoms with Crippen LogP contribution in [0.15, 0.2) is 23.8 Å². The van der Waals surface area contributed by atoms with Crippen LogP contribution in [0.1, 0.15) is 86.0 Å². The summed E-state index contributed by atoms with van der Waals surface area (Å²) in [6.45, 7) is 10.2. The minimum absolute atomic E-state index is 0.0365. The van der Waals surface area contributed by atoms with Gasteiger partial charge in [0.2, 0.25) is 5.91 Å². The van der Waals surface area contributed by atoms with Gasteiger partial charge in [0.05, 0.1) is 24.0 Å². The third-order valence-corrected chi connectivity index (χ3v) is 8.03. The lowest BCUT2D eigenvalue weighted by molar-refractivity contribution is -0.164. The van der Waals surface area contributed by atoms with Gasteiger partial charge < -0.3 is 20.3 Å². The summed E-state index contributed by atoms with van der Waals surface area (Å²) in [6, 6.07) is 0.274. The summed E-state index contributed by atoms with van der Waals surface area (Å²) in [5, 5.41) is 23.8. The van der Waals surface area contributed by atoms with Crippen molar-refractivity contribution in [1.82, 2.24) is 5.32 Å². The highest BCUT2D eigenvalue weighted by molar-refractivity contribution is 5.77. The second-order valence-electron chi connectivity index (χ2n) is 11.6. The Labute approximate surface area is 205 Å². The molecule has 6 nitrogen and oxygen atoms in total. The summed E-state index contributed by atoms with van der Waals surface area (Å²) >= 11 is 0. The minimum atomic E-state index is -0.839. The zero-order valence-corrected chi connectivity index (χ0v) is 21.6. The van der Waals surface area contributed by atoms with E-state index in [0.29, 0.717) is 18.3 Å². The van der Waals surface area contributed by atoms with Crippen LogP contribution in [0.2, 0.25) is 0 Å². The van der Waals surface area contributed by atoms with E-state index in [4.69, 9.17) is 4.74 Å². The first-order valence-corrected chi connectivity index (χ1v) is 13.3. The van der Waals surface area contributed by atoms with Crippen molar-refractivity contribution in [2.75, 3.05) is 0 Å². The van der Waals surface area contributed by atoms with Gasteiger partial charge in [-0.1, -0.05) is 39.0 Å². The Kier molecular flexibility index (Phi) is 9.02. The van der Waals surface area contributed by atoms with Gasteiger partial charge >= 0.3 is 5.97 Å². The lowest BCUT2D eigenvalue weighted by atomic mass is 9.65. The fourth-order valence-electron chi connectivity index (χ4n) is 5.29. The van der Waals surface area contributed by atoms with E-state index in [1.807, 2.05) is 20.8 Å². The molecule has 0 aliphatic heterocycles. The fourth-order valence-corrected chi connectivity index (χ4v) is 5.29. The Balaban J connectivity index is 1.61. The van der Waals surface area contributed by atoms with Crippen molar-refractivity contribution < 1.29 is 24.5 Å². The number of ether oxygens (including phenoxy) is 1. The summed E-state index contributed by atoms with van der Waals surface area (Å²) in [5.74, 6) is 0.735. The molecule has 0 aromatic heterocycles. The molecule has 0 aromatic rings. The Morgan fingerprint density at radius 3 is 2.56 bits per heavy atom. The molecule has 0 bridgehead atoms. The zero-order chi connectivity index (χ0) is 25.0. The number of hydrogen-bond donors (Lipinski definition) is 3. The summed E-state index contributed by atoms with van der Waals surface area (Å²) < 4.78 is 6.16. The number of aliphatic hydroxyl groups excluding tert-OH is 2. The van der Waals surface area contributed by atoms with Crippen LogP contribution in [-0.2, 0) is 14.3 Å². The van der Waals surface area contributed by atoms with Crippen molar-refractivity contribution in [3.05, 3.63) is 23.8 Å². The first-order valence-electron chi connectivity index (χ1n) is 13.3. The molecule has 3 aliphatic rings. The van der Waals surface area contributed by atoms with E-state index in [1.165, 1.54) is 5.57 Å². The molecule has 3 rings (SSSR count). The molecule has 1 amide bonds. The molecule has 0 saturated heterocycles. The monoisotopic (exact) mass is 475 g/mol. The Morgan fingerprint density at radius 1 is 1.21 bits per heavy atom.